The highest BCUT2D eigenvalue weighted by molar-refractivity contribution is 7.93. The summed E-state index contributed by atoms with van der Waals surface area (Å²) in [6.45, 7) is 3.15. The van der Waals surface area contributed by atoms with E-state index in [1.807, 2.05) is 0 Å². The third kappa shape index (κ3) is 5.54. The van der Waals surface area contributed by atoms with Gasteiger partial charge in [-0.15, -0.1) is 11.3 Å². The Bertz CT molecular complexity index is 828. The molecule has 0 bridgehead atoms. The zero-order valence-corrected chi connectivity index (χ0v) is 16.8. The summed E-state index contributed by atoms with van der Waals surface area (Å²) >= 11 is 7.60. The van der Waals surface area contributed by atoms with E-state index in [9.17, 15) is 8.42 Å². The molecule has 0 saturated carbocycles. The van der Waals surface area contributed by atoms with Gasteiger partial charge >= 0.3 is 0 Å². The van der Waals surface area contributed by atoms with Crippen molar-refractivity contribution in [2.45, 2.75) is 30.6 Å². The van der Waals surface area contributed by atoms with Crippen molar-refractivity contribution < 1.29 is 8.42 Å². The van der Waals surface area contributed by atoms with E-state index < -0.39 is 10.0 Å². The fourth-order valence-electron chi connectivity index (χ4n) is 2.87. The Morgan fingerprint density at radius 1 is 1.23 bits per heavy atom. The summed E-state index contributed by atoms with van der Waals surface area (Å²) in [6, 6.07) is 6.79. The number of hydrogen-bond donors (Lipinski definition) is 1. The molecule has 1 aliphatic rings. The summed E-state index contributed by atoms with van der Waals surface area (Å²) in [5.74, 6) is 0. The third-order valence-electron chi connectivity index (χ3n) is 4.28. The number of likely N-dealkylation sites (tertiary alicyclic amines) is 1. The first-order valence-electron chi connectivity index (χ1n) is 8.61. The molecule has 0 radical (unpaired) electrons. The number of anilines is 1. The molecule has 26 heavy (non-hydrogen) atoms. The number of benzene rings is 1. The van der Waals surface area contributed by atoms with Gasteiger partial charge in [-0.05, 0) is 43.6 Å². The van der Waals surface area contributed by atoms with Crippen molar-refractivity contribution >= 4 is 38.1 Å². The van der Waals surface area contributed by atoms with Gasteiger partial charge in [0.15, 0.2) is 5.13 Å². The standard InChI is InChI=1S/C18H22ClN3O2S2/c19-16(8-12-22-10-2-1-3-11-22)14-15-4-6-17(7-5-15)26(23,24)21-18-20-9-13-25-18/h4-9,13H,1-3,10-12,14H2,(H,20,21)/b16-8-. The van der Waals surface area contributed by atoms with Crippen LogP contribution in [0.4, 0.5) is 5.13 Å². The number of nitrogens with one attached hydrogen (secondary N) is 1. The average Bonchev–Trinajstić information content (AvgIpc) is 3.14. The van der Waals surface area contributed by atoms with Crippen LogP contribution in [0, 0.1) is 0 Å². The maximum atomic E-state index is 12.3. The molecule has 1 fully saturated rings. The molecule has 8 heteroatoms. The minimum atomic E-state index is -3.61. The van der Waals surface area contributed by atoms with Crippen LogP contribution in [0.15, 0.2) is 51.8 Å². The van der Waals surface area contributed by atoms with E-state index in [1.165, 1.54) is 30.6 Å². The maximum absolute atomic E-state index is 12.3. The van der Waals surface area contributed by atoms with Crippen molar-refractivity contribution in [2.75, 3.05) is 24.4 Å². The number of piperidine rings is 1. The zero-order valence-electron chi connectivity index (χ0n) is 14.4. The van der Waals surface area contributed by atoms with Crippen molar-refractivity contribution in [1.29, 1.82) is 0 Å². The number of allylic oxidation sites excluding steroid dienone is 1. The first kappa shape index (κ1) is 19.4. The minimum Gasteiger partial charge on any atom is -0.300 e. The van der Waals surface area contributed by atoms with Crippen LogP contribution in [0.1, 0.15) is 24.8 Å². The first-order chi connectivity index (χ1) is 12.5. The maximum Gasteiger partial charge on any atom is 0.263 e. The molecule has 2 aromatic rings. The molecule has 0 spiro atoms. The highest BCUT2D eigenvalue weighted by Gasteiger charge is 2.15. The second-order valence-electron chi connectivity index (χ2n) is 6.28. The van der Waals surface area contributed by atoms with E-state index in [2.05, 4.69) is 20.7 Å². The smallest absolute Gasteiger partial charge is 0.263 e. The molecular formula is C18H22ClN3O2S2. The Balaban J connectivity index is 1.58. The van der Waals surface area contributed by atoms with Gasteiger partial charge in [0, 0.05) is 29.6 Å². The molecule has 0 unspecified atom stereocenters. The molecule has 0 aliphatic carbocycles. The van der Waals surface area contributed by atoms with E-state index >= 15 is 0 Å². The summed E-state index contributed by atoms with van der Waals surface area (Å²) in [4.78, 5) is 6.56. The van der Waals surface area contributed by atoms with Crippen molar-refractivity contribution in [3.63, 3.8) is 0 Å². The van der Waals surface area contributed by atoms with Crippen LogP contribution in [-0.2, 0) is 16.4 Å². The Hall–Kier alpha value is -1.41. The molecule has 3 rings (SSSR count). The Labute approximate surface area is 163 Å². The highest BCUT2D eigenvalue weighted by atomic mass is 35.5. The fourth-order valence-corrected chi connectivity index (χ4v) is 4.88. The lowest BCUT2D eigenvalue weighted by Gasteiger charge is -2.25. The first-order valence-corrected chi connectivity index (χ1v) is 11.4. The van der Waals surface area contributed by atoms with Crippen LogP contribution in [0.5, 0.6) is 0 Å². The van der Waals surface area contributed by atoms with E-state index in [0.29, 0.717) is 11.6 Å². The molecule has 0 amide bonds. The SMILES string of the molecule is O=S(=O)(Nc1nccs1)c1ccc(C/C(Cl)=C/CN2CCCCC2)cc1. The second-order valence-corrected chi connectivity index (χ2v) is 9.34. The third-order valence-corrected chi connectivity index (χ3v) is 6.74. The normalized spacial score (nSPS) is 16.6. The largest absolute Gasteiger partial charge is 0.300 e. The van der Waals surface area contributed by atoms with Crippen molar-refractivity contribution in [1.82, 2.24) is 9.88 Å². The predicted octanol–water partition coefficient (Wildman–Crippen LogP) is 4.10. The van der Waals surface area contributed by atoms with Crippen LogP contribution in [-0.4, -0.2) is 37.9 Å². The number of rotatable bonds is 7. The van der Waals surface area contributed by atoms with Gasteiger partial charge < -0.3 is 0 Å². The Morgan fingerprint density at radius 2 is 1.96 bits per heavy atom. The molecule has 2 heterocycles. The molecule has 1 aromatic heterocycles. The molecular weight excluding hydrogens is 390 g/mol. The lowest BCUT2D eigenvalue weighted by Crippen LogP contribution is -2.29. The van der Waals surface area contributed by atoms with Gasteiger partial charge in [0.25, 0.3) is 10.0 Å². The summed E-state index contributed by atoms with van der Waals surface area (Å²) < 4.78 is 27.1. The fraction of sp³-hybridized carbons (Fsp3) is 0.389. The second kappa shape index (κ2) is 8.99. The monoisotopic (exact) mass is 411 g/mol. The molecule has 1 saturated heterocycles. The molecule has 140 valence electrons. The number of halogens is 1. The predicted molar refractivity (Wildman–Crippen MR) is 107 cm³/mol. The lowest BCUT2D eigenvalue weighted by atomic mass is 10.1. The summed E-state index contributed by atoms with van der Waals surface area (Å²) in [7, 11) is -3.61. The number of nitrogens with zero attached hydrogens (tertiary/aromatic N) is 2. The molecule has 1 aliphatic heterocycles. The highest BCUT2D eigenvalue weighted by Crippen LogP contribution is 2.20. The van der Waals surface area contributed by atoms with Crippen LogP contribution in [0.25, 0.3) is 0 Å². The van der Waals surface area contributed by atoms with Crippen LogP contribution in [0.2, 0.25) is 0 Å². The van der Waals surface area contributed by atoms with Crippen molar-refractivity contribution in [3.8, 4) is 0 Å². The Kier molecular flexibility index (Phi) is 6.69. The molecule has 1 N–H and O–H groups in total. The van der Waals surface area contributed by atoms with Crippen LogP contribution >= 0.6 is 22.9 Å². The summed E-state index contributed by atoms with van der Waals surface area (Å²) in [5.41, 5.74) is 0.984. The number of thiazole rings is 1. The zero-order chi connectivity index (χ0) is 18.4. The number of sulfonamides is 1. The van der Waals surface area contributed by atoms with E-state index in [1.54, 1.807) is 35.8 Å². The molecule has 0 atom stereocenters. The van der Waals surface area contributed by atoms with Gasteiger partial charge in [-0.25, -0.2) is 13.4 Å². The van der Waals surface area contributed by atoms with Crippen molar-refractivity contribution in [2.24, 2.45) is 0 Å². The molecule has 1 aromatic carbocycles. The summed E-state index contributed by atoms with van der Waals surface area (Å²) in [6.07, 6.45) is 8.06. The van der Waals surface area contributed by atoms with Gasteiger partial charge in [-0.2, -0.15) is 0 Å². The topological polar surface area (TPSA) is 62.3 Å². The van der Waals surface area contributed by atoms with E-state index in [0.717, 1.165) is 30.2 Å². The van der Waals surface area contributed by atoms with Gasteiger partial charge in [0.05, 0.1) is 4.90 Å². The van der Waals surface area contributed by atoms with Gasteiger partial charge in [-0.3, -0.25) is 9.62 Å². The number of aromatic nitrogens is 1. The van der Waals surface area contributed by atoms with Gasteiger partial charge in [0.1, 0.15) is 0 Å². The van der Waals surface area contributed by atoms with Crippen molar-refractivity contribution in [3.05, 3.63) is 52.5 Å². The van der Waals surface area contributed by atoms with Gasteiger partial charge in [0.2, 0.25) is 0 Å². The number of hydrogen-bond acceptors (Lipinski definition) is 5. The average molecular weight is 412 g/mol. The Morgan fingerprint density at radius 3 is 2.62 bits per heavy atom. The quantitative estimate of drug-likeness (QED) is 0.745. The van der Waals surface area contributed by atoms with E-state index in [-0.39, 0.29) is 4.90 Å². The van der Waals surface area contributed by atoms with Crippen LogP contribution in [0.3, 0.4) is 0 Å². The molecule has 5 nitrogen and oxygen atoms in total. The van der Waals surface area contributed by atoms with Gasteiger partial charge in [-0.1, -0.05) is 36.2 Å². The minimum absolute atomic E-state index is 0.213. The van der Waals surface area contributed by atoms with Crippen LogP contribution < -0.4 is 4.72 Å². The lowest BCUT2D eigenvalue weighted by molar-refractivity contribution is 0.251. The summed E-state index contributed by atoms with van der Waals surface area (Å²) in [5, 5.41) is 2.86. The van der Waals surface area contributed by atoms with E-state index in [4.69, 9.17) is 11.6 Å².